The van der Waals surface area contributed by atoms with Crippen LogP contribution < -0.4 is 0 Å². The maximum absolute atomic E-state index is 14.0. The fraction of sp³-hybridized carbons (Fsp3) is 0.261. The number of aromatic nitrogens is 1. The third-order valence-corrected chi connectivity index (χ3v) is 6.02. The Labute approximate surface area is 169 Å². The molecule has 0 N–H and O–H groups in total. The van der Waals surface area contributed by atoms with E-state index >= 15 is 0 Å². The highest BCUT2D eigenvalue weighted by atomic mass is 32.2. The Morgan fingerprint density at radius 2 is 1.86 bits per heavy atom. The number of ether oxygens (including phenoxy) is 1. The first-order chi connectivity index (χ1) is 13.7. The SMILES string of the molecule is Cc1ccccc1CSC[C@H]1COC(c2cccn2Cc2ccccc2F)=N1. The van der Waals surface area contributed by atoms with Crippen molar-refractivity contribution < 1.29 is 9.13 Å². The quantitative estimate of drug-likeness (QED) is 0.560. The second-order valence-corrected chi connectivity index (χ2v) is 7.98. The van der Waals surface area contributed by atoms with E-state index in [9.17, 15) is 4.39 Å². The number of halogens is 1. The molecule has 28 heavy (non-hydrogen) atoms. The molecule has 0 aliphatic carbocycles. The molecule has 0 fully saturated rings. The number of nitrogens with zero attached hydrogens (tertiary/aromatic N) is 2. The summed E-state index contributed by atoms with van der Waals surface area (Å²) in [4.78, 5) is 4.77. The number of benzene rings is 2. The molecule has 0 bridgehead atoms. The van der Waals surface area contributed by atoms with Crippen LogP contribution in [0.15, 0.2) is 71.9 Å². The van der Waals surface area contributed by atoms with Crippen molar-refractivity contribution in [3.05, 3.63) is 95.1 Å². The van der Waals surface area contributed by atoms with Gasteiger partial charge in [-0.25, -0.2) is 9.38 Å². The third kappa shape index (κ3) is 4.30. The van der Waals surface area contributed by atoms with Crippen LogP contribution in [0.2, 0.25) is 0 Å². The molecule has 0 amide bonds. The fourth-order valence-corrected chi connectivity index (χ4v) is 4.38. The van der Waals surface area contributed by atoms with Crippen LogP contribution >= 0.6 is 11.8 Å². The highest BCUT2D eigenvalue weighted by Crippen LogP contribution is 2.21. The zero-order valence-corrected chi connectivity index (χ0v) is 16.7. The highest BCUT2D eigenvalue weighted by molar-refractivity contribution is 7.98. The first-order valence-corrected chi connectivity index (χ1v) is 10.6. The number of thioether (sulfide) groups is 1. The van der Waals surface area contributed by atoms with E-state index in [0.29, 0.717) is 24.6 Å². The van der Waals surface area contributed by atoms with Crippen molar-refractivity contribution in [1.82, 2.24) is 4.57 Å². The summed E-state index contributed by atoms with van der Waals surface area (Å²) in [5, 5.41) is 0. The van der Waals surface area contributed by atoms with Gasteiger partial charge in [0.2, 0.25) is 5.90 Å². The van der Waals surface area contributed by atoms with E-state index in [1.54, 1.807) is 12.1 Å². The van der Waals surface area contributed by atoms with Crippen LogP contribution in [0.5, 0.6) is 0 Å². The zero-order chi connectivity index (χ0) is 19.3. The molecule has 2 heterocycles. The van der Waals surface area contributed by atoms with E-state index in [2.05, 4.69) is 31.2 Å². The first kappa shape index (κ1) is 18.8. The Balaban J connectivity index is 1.39. The number of hydrogen-bond donors (Lipinski definition) is 0. The minimum Gasteiger partial charge on any atom is -0.474 e. The lowest BCUT2D eigenvalue weighted by molar-refractivity contribution is 0.323. The lowest BCUT2D eigenvalue weighted by Gasteiger charge is -2.09. The van der Waals surface area contributed by atoms with E-state index in [4.69, 9.17) is 9.73 Å². The van der Waals surface area contributed by atoms with Gasteiger partial charge in [0.15, 0.2) is 0 Å². The van der Waals surface area contributed by atoms with Gasteiger partial charge in [-0.3, -0.25) is 0 Å². The summed E-state index contributed by atoms with van der Waals surface area (Å²) < 4.78 is 21.8. The van der Waals surface area contributed by atoms with Crippen LogP contribution in [-0.4, -0.2) is 28.9 Å². The molecule has 1 aliphatic heterocycles. The Kier molecular flexibility index (Phi) is 5.81. The number of hydrogen-bond acceptors (Lipinski definition) is 3. The Hall–Kier alpha value is -2.53. The average molecular weight is 395 g/mol. The van der Waals surface area contributed by atoms with Crippen LogP contribution in [0.4, 0.5) is 4.39 Å². The van der Waals surface area contributed by atoms with Crippen molar-refractivity contribution in [3.8, 4) is 0 Å². The average Bonchev–Trinajstić information content (AvgIpc) is 3.34. The van der Waals surface area contributed by atoms with Gasteiger partial charge < -0.3 is 9.30 Å². The summed E-state index contributed by atoms with van der Waals surface area (Å²) >= 11 is 1.88. The normalized spacial score (nSPS) is 16.1. The Morgan fingerprint density at radius 3 is 2.68 bits per heavy atom. The van der Waals surface area contributed by atoms with E-state index in [-0.39, 0.29) is 11.9 Å². The number of aliphatic imine (C=N–C) groups is 1. The van der Waals surface area contributed by atoms with Crippen LogP contribution in [0.25, 0.3) is 0 Å². The molecule has 1 aromatic heterocycles. The molecule has 0 unspecified atom stereocenters. The minimum absolute atomic E-state index is 0.154. The van der Waals surface area contributed by atoms with Gasteiger partial charge in [0.25, 0.3) is 0 Å². The molecule has 2 aromatic carbocycles. The van der Waals surface area contributed by atoms with E-state index in [0.717, 1.165) is 17.2 Å². The molecule has 0 radical (unpaired) electrons. The van der Waals surface area contributed by atoms with Crippen LogP contribution in [0.1, 0.15) is 22.4 Å². The molecule has 0 spiro atoms. The Morgan fingerprint density at radius 1 is 1.07 bits per heavy atom. The number of aryl methyl sites for hydroxylation is 1. The predicted octanol–water partition coefficient (Wildman–Crippen LogP) is 5.06. The molecule has 4 rings (SSSR count). The lowest BCUT2D eigenvalue weighted by Crippen LogP contribution is -2.11. The maximum Gasteiger partial charge on any atom is 0.233 e. The minimum atomic E-state index is -0.193. The van der Waals surface area contributed by atoms with Crippen LogP contribution in [-0.2, 0) is 17.0 Å². The molecule has 3 nitrogen and oxygen atoms in total. The molecule has 144 valence electrons. The zero-order valence-electron chi connectivity index (χ0n) is 15.8. The van der Waals surface area contributed by atoms with E-state index in [1.165, 1.54) is 17.2 Å². The second-order valence-electron chi connectivity index (χ2n) is 6.95. The Bertz CT molecular complexity index is 982. The molecule has 1 aliphatic rings. The van der Waals surface area contributed by atoms with Gasteiger partial charge >= 0.3 is 0 Å². The lowest BCUT2D eigenvalue weighted by atomic mass is 10.1. The molecule has 1 atom stereocenters. The van der Waals surface area contributed by atoms with Crippen molar-refractivity contribution >= 4 is 17.7 Å². The fourth-order valence-electron chi connectivity index (χ4n) is 3.27. The highest BCUT2D eigenvalue weighted by Gasteiger charge is 2.22. The van der Waals surface area contributed by atoms with Crippen molar-refractivity contribution in [3.63, 3.8) is 0 Å². The van der Waals surface area contributed by atoms with Crippen LogP contribution in [0.3, 0.4) is 0 Å². The summed E-state index contributed by atoms with van der Waals surface area (Å²) in [6.45, 7) is 3.21. The molecule has 0 saturated heterocycles. The van der Waals surface area contributed by atoms with Gasteiger partial charge in [0.1, 0.15) is 18.1 Å². The third-order valence-electron chi connectivity index (χ3n) is 4.89. The van der Waals surface area contributed by atoms with E-state index < -0.39 is 0 Å². The van der Waals surface area contributed by atoms with Crippen molar-refractivity contribution in [1.29, 1.82) is 0 Å². The summed E-state index contributed by atoms with van der Waals surface area (Å²) in [6.07, 6.45) is 1.94. The van der Waals surface area contributed by atoms with Gasteiger partial charge in [-0.15, -0.1) is 0 Å². The number of rotatable bonds is 7. The largest absolute Gasteiger partial charge is 0.474 e. The predicted molar refractivity (Wildman–Crippen MR) is 114 cm³/mol. The second kappa shape index (κ2) is 8.65. The molecular formula is C23H23FN2OS. The topological polar surface area (TPSA) is 26.5 Å². The summed E-state index contributed by atoms with van der Waals surface area (Å²) in [5.41, 5.74) is 4.25. The van der Waals surface area contributed by atoms with E-state index in [1.807, 2.05) is 40.7 Å². The van der Waals surface area contributed by atoms with Gasteiger partial charge in [0.05, 0.1) is 12.6 Å². The summed E-state index contributed by atoms with van der Waals surface area (Å²) in [5.74, 6) is 2.37. The van der Waals surface area contributed by atoms with Gasteiger partial charge in [-0.2, -0.15) is 11.8 Å². The van der Waals surface area contributed by atoms with Crippen molar-refractivity contribution in [2.45, 2.75) is 25.3 Å². The van der Waals surface area contributed by atoms with Gasteiger partial charge in [0, 0.05) is 23.3 Å². The van der Waals surface area contributed by atoms with Gasteiger partial charge in [-0.1, -0.05) is 42.5 Å². The van der Waals surface area contributed by atoms with Crippen molar-refractivity contribution in [2.75, 3.05) is 12.4 Å². The van der Waals surface area contributed by atoms with Crippen molar-refractivity contribution in [2.24, 2.45) is 4.99 Å². The summed E-state index contributed by atoms with van der Waals surface area (Å²) in [7, 11) is 0. The first-order valence-electron chi connectivity index (χ1n) is 9.42. The smallest absolute Gasteiger partial charge is 0.233 e. The monoisotopic (exact) mass is 394 g/mol. The molecular weight excluding hydrogens is 371 g/mol. The molecule has 3 aromatic rings. The molecule has 5 heteroatoms. The maximum atomic E-state index is 14.0. The molecule has 0 saturated carbocycles. The summed E-state index contributed by atoms with van der Waals surface area (Å²) in [6, 6.07) is 19.4. The van der Waals surface area contributed by atoms with Crippen LogP contribution in [0, 0.1) is 12.7 Å². The standard InChI is InChI=1S/C23H23FN2OS/c1-17-7-2-3-9-19(17)15-28-16-20-14-27-23(25-20)22-11-6-12-26(22)13-18-8-4-5-10-21(18)24/h2-12,20H,13-16H2,1H3/t20-/m1/s1. The van der Waals surface area contributed by atoms with Gasteiger partial charge in [-0.05, 0) is 36.2 Å².